The van der Waals surface area contributed by atoms with E-state index in [1.165, 1.54) is 6.42 Å². The first-order chi connectivity index (χ1) is 9.34. The molecule has 2 rings (SSSR count). The maximum atomic E-state index is 11.6. The van der Waals surface area contributed by atoms with E-state index in [1.54, 1.807) is 18.0 Å². The quantitative estimate of drug-likeness (QED) is 0.791. The summed E-state index contributed by atoms with van der Waals surface area (Å²) in [7, 11) is 0. The summed E-state index contributed by atoms with van der Waals surface area (Å²) in [5.74, 6) is 2.17. The summed E-state index contributed by atoms with van der Waals surface area (Å²) in [6, 6.07) is 5.86. The summed E-state index contributed by atoms with van der Waals surface area (Å²) in [5.41, 5.74) is 1.03. The number of hydrogen-bond donors (Lipinski definition) is 2. The van der Waals surface area contributed by atoms with Gasteiger partial charge in [-0.25, -0.2) is 0 Å². The van der Waals surface area contributed by atoms with Crippen LogP contribution in [0.3, 0.4) is 0 Å². The molecule has 1 amide bonds. The van der Waals surface area contributed by atoms with Crippen molar-refractivity contribution in [2.45, 2.75) is 18.6 Å². The van der Waals surface area contributed by atoms with Crippen molar-refractivity contribution < 1.29 is 4.79 Å². The summed E-state index contributed by atoms with van der Waals surface area (Å²) in [6.45, 7) is 3.03. The lowest BCUT2D eigenvalue weighted by Gasteiger charge is -2.09. The zero-order chi connectivity index (χ0) is 13.3. The molecule has 0 spiro atoms. The molecule has 0 radical (unpaired) electrons. The third-order valence-electron chi connectivity index (χ3n) is 3.25. The fourth-order valence-electron chi connectivity index (χ4n) is 2.16. The van der Waals surface area contributed by atoms with Crippen molar-refractivity contribution in [2.75, 3.05) is 25.4 Å². The van der Waals surface area contributed by atoms with Gasteiger partial charge in [0.2, 0.25) is 5.91 Å². The average Bonchev–Trinajstić information content (AvgIpc) is 2.93. The Morgan fingerprint density at radius 1 is 1.43 bits per heavy atom. The van der Waals surface area contributed by atoms with E-state index in [-0.39, 0.29) is 30.7 Å². The minimum absolute atomic E-state index is 0. The summed E-state index contributed by atoms with van der Waals surface area (Å²) >= 11 is 1.61. The molecule has 1 fully saturated rings. The normalized spacial score (nSPS) is 16.7. The maximum absolute atomic E-state index is 11.6. The predicted octanol–water partition coefficient (Wildman–Crippen LogP) is 2.27. The van der Waals surface area contributed by atoms with Crippen molar-refractivity contribution in [1.82, 2.24) is 15.6 Å². The first-order valence-corrected chi connectivity index (χ1v) is 7.95. The highest BCUT2D eigenvalue weighted by Crippen LogP contribution is 2.11. The van der Waals surface area contributed by atoms with Gasteiger partial charge in [-0.05, 0) is 44.0 Å². The van der Waals surface area contributed by atoms with Crippen LogP contribution in [-0.4, -0.2) is 36.3 Å². The molecule has 7 heteroatoms. The van der Waals surface area contributed by atoms with Crippen LogP contribution < -0.4 is 10.6 Å². The van der Waals surface area contributed by atoms with E-state index in [9.17, 15) is 4.79 Å². The number of amides is 1. The van der Waals surface area contributed by atoms with Crippen LogP contribution in [0.25, 0.3) is 0 Å². The first kappa shape index (κ1) is 20.5. The van der Waals surface area contributed by atoms with E-state index in [0.29, 0.717) is 5.75 Å². The van der Waals surface area contributed by atoms with Gasteiger partial charge in [0.1, 0.15) is 0 Å². The number of halogens is 2. The molecule has 1 saturated heterocycles. The van der Waals surface area contributed by atoms with Crippen molar-refractivity contribution in [3.63, 3.8) is 0 Å². The van der Waals surface area contributed by atoms with Crippen molar-refractivity contribution in [2.24, 2.45) is 5.92 Å². The number of carbonyl (C=O) groups is 1. The van der Waals surface area contributed by atoms with E-state index in [2.05, 4.69) is 15.6 Å². The molecule has 1 aromatic heterocycles. The second-order valence-corrected chi connectivity index (χ2v) is 5.80. The molecular formula is C14H23Cl2N3OS. The molecule has 0 saturated carbocycles. The lowest BCUT2D eigenvalue weighted by Crippen LogP contribution is -2.27. The van der Waals surface area contributed by atoms with E-state index in [0.717, 1.165) is 43.4 Å². The minimum Gasteiger partial charge on any atom is -0.355 e. The monoisotopic (exact) mass is 351 g/mol. The minimum atomic E-state index is 0. The molecule has 0 aromatic carbocycles. The molecule has 4 nitrogen and oxygen atoms in total. The van der Waals surface area contributed by atoms with Crippen LogP contribution in [0.2, 0.25) is 0 Å². The second kappa shape index (κ2) is 12.1. The van der Waals surface area contributed by atoms with Crippen LogP contribution in [0.1, 0.15) is 18.5 Å². The van der Waals surface area contributed by atoms with E-state index in [1.807, 2.05) is 18.2 Å². The van der Waals surface area contributed by atoms with Gasteiger partial charge in [-0.1, -0.05) is 6.07 Å². The largest absolute Gasteiger partial charge is 0.355 e. The molecular weight excluding hydrogens is 329 g/mol. The Morgan fingerprint density at radius 2 is 2.29 bits per heavy atom. The van der Waals surface area contributed by atoms with Crippen molar-refractivity contribution in [3.05, 3.63) is 30.1 Å². The number of rotatable bonds is 7. The highest BCUT2D eigenvalue weighted by atomic mass is 35.5. The zero-order valence-corrected chi connectivity index (χ0v) is 14.4. The number of hydrogen-bond acceptors (Lipinski definition) is 4. The summed E-state index contributed by atoms with van der Waals surface area (Å²) < 4.78 is 0. The highest BCUT2D eigenvalue weighted by molar-refractivity contribution is 7.99. The Bertz CT molecular complexity index is 389. The van der Waals surface area contributed by atoms with Crippen LogP contribution in [-0.2, 0) is 10.5 Å². The van der Waals surface area contributed by atoms with Gasteiger partial charge in [-0.15, -0.1) is 36.6 Å². The SMILES string of the molecule is Cl.Cl.O=C(CSCc1ccccn1)NCCC1CCNC1. The molecule has 1 atom stereocenters. The molecule has 1 unspecified atom stereocenters. The number of aromatic nitrogens is 1. The lowest BCUT2D eigenvalue weighted by atomic mass is 10.1. The molecule has 21 heavy (non-hydrogen) atoms. The third kappa shape index (κ3) is 8.51. The standard InChI is InChI=1S/C14H21N3OS.2ClH/c18-14(17-8-5-12-4-7-15-9-12)11-19-10-13-3-1-2-6-16-13;;/h1-3,6,12,15H,4-5,7-11H2,(H,17,18);2*1H. The average molecular weight is 352 g/mol. The van der Waals surface area contributed by atoms with E-state index < -0.39 is 0 Å². The topological polar surface area (TPSA) is 54.0 Å². The summed E-state index contributed by atoms with van der Waals surface area (Å²) in [6.07, 6.45) is 4.11. The fourth-order valence-corrected chi connectivity index (χ4v) is 2.93. The van der Waals surface area contributed by atoms with Crippen LogP contribution in [0.5, 0.6) is 0 Å². The van der Waals surface area contributed by atoms with Crippen LogP contribution >= 0.6 is 36.6 Å². The van der Waals surface area contributed by atoms with Gasteiger partial charge in [0.25, 0.3) is 0 Å². The van der Waals surface area contributed by atoms with Gasteiger partial charge in [-0.2, -0.15) is 0 Å². The van der Waals surface area contributed by atoms with Gasteiger partial charge in [-0.3, -0.25) is 9.78 Å². The van der Waals surface area contributed by atoms with Crippen molar-refractivity contribution >= 4 is 42.5 Å². The zero-order valence-electron chi connectivity index (χ0n) is 11.9. The lowest BCUT2D eigenvalue weighted by molar-refractivity contribution is -0.118. The second-order valence-electron chi connectivity index (χ2n) is 4.81. The fraction of sp³-hybridized carbons (Fsp3) is 0.571. The molecule has 0 aliphatic carbocycles. The Hall–Kier alpha value is -0.490. The molecule has 2 N–H and O–H groups in total. The molecule has 2 heterocycles. The van der Waals surface area contributed by atoms with Crippen LogP contribution in [0, 0.1) is 5.92 Å². The smallest absolute Gasteiger partial charge is 0.230 e. The molecule has 0 bridgehead atoms. The van der Waals surface area contributed by atoms with E-state index >= 15 is 0 Å². The number of nitrogens with one attached hydrogen (secondary N) is 2. The van der Waals surface area contributed by atoms with Crippen LogP contribution in [0.4, 0.5) is 0 Å². The first-order valence-electron chi connectivity index (χ1n) is 6.79. The van der Waals surface area contributed by atoms with E-state index in [4.69, 9.17) is 0 Å². The van der Waals surface area contributed by atoms with Gasteiger partial charge in [0, 0.05) is 18.5 Å². The Morgan fingerprint density at radius 3 is 2.95 bits per heavy atom. The molecule has 1 aliphatic rings. The van der Waals surface area contributed by atoms with Crippen LogP contribution in [0.15, 0.2) is 24.4 Å². The number of thioether (sulfide) groups is 1. The van der Waals surface area contributed by atoms with Gasteiger partial charge < -0.3 is 10.6 Å². The maximum Gasteiger partial charge on any atom is 0.230 e. The number of pyridine rings is 1. The summed E-state index contributed by atoms with van der Waals surface area (Å²) in [4.78, 5) is 15.9. The molecule has 1 aliphatic heterocycles. The highest BCUT2D eigenvalue weighted by Gasteiger charge is 2.13. The summed E-state index contributed by atoms with van der Waals surface area (Å²) in [5, 5.41) is 6.33. The predicted molar refractivity (Wildman–Crippen MR) is 93.5 cm³/mol. The Labute approximate surface area is 143 Å². The number of nitrogens with zero attached hydrogens (tertiary/aromatic N) is 1. The Balaban J connectivity index is 0.00000200. The van der Waals surface area contributed by atoms with Gasteiger partial charge in [0.05, 0.1) is 11.4 Å². The Kier molecular flexibility index (Phi) is 11.8. The molecule has 120 valence electrons. The van der Waals surface area contributed by atoms with Gasteiger partial charge >= 0.3 is 0 Å². The van der Waals surface area contributed by atoms with Crippen molar-refractivity contribution in [1.29, 1.82) is 0 Å². The van der Waals surface area contributed by atoms with Crippen molar-refractivity contribution in [3.8, 4) is 0 Å². The number of carbonyl (C=O) groups excluding carboxylic acids is 1. The van der Waals surface area contributed by atoms with Gasteiger partial charge in [0.15, 0.2) is 0 Å². The molecule has 1 aromatic rings. The third-order valence-corrected chi connectivity index (χ3v) is 4.21.